The predicted octanol–water partition coefficient (Wildman–Crippen LogP) is 1.11. The number of rotatable bonds is 3. The van der Waals surface area contributed by atoms with Crippen molar-refractivity contribution in [1.29, 1.82) is 0 Å². The summed E-state index contributed by atoms with van der Waals surface area (Å²) in [6.45, 7) is 0. The van der Waals surface area contributed by atoms with Crippen LogP contribution in [0.2, 0.25) is 0 Å². The van der Waals surface area contributed by atoms with Gasteiger partial charge in [-0.3, -0.25) is 4.79 Å². The van der Waals surface area contributed by atoms with Crippen LogP contribution < -0.4 is 16.6 Å². The van der Waals surface area contributed by atoms with Gasteiger partial charge in [0, 0.05) is 29.9 Å². The molecule has 6 heteroatoms. The van der Waals surface area contributed by atoms with Crippen LogP contribution in [0.25, 0.3) is 0 Å². The fourth-order valence-corrected chi connectivity index (χ4v) is 3.65. The first-order valence-electron chi connectivity index (χ1n) is 7.63. The standard InChI is InChI=1S/C15H23N5O/c1-20-12-3-2-4-13(20)9-11(8-12)18-15(21)10-5-6-17-14(7-10)19-16/h5-7,11-13H,2-4,8-9,16H2,1H3,(H,17,19)(H,18,21). The molecule has 0 saturated carbocycles. The Bertz CT molecular complexity index is 507. The van der Waals surface area contributed by atoms with E-state index in [-0.39, 0.29) is 11.9 Å². The summed E-state index contributed by atoms with van der Waals surface area (Å²) in [6.07, 6.45) is 7.49. The van der Waals surface area contributed by atoms with Crippen molar-refractivity contribution < 1.29 is 4.79 Å². The zero-order valence-corrected chi connectivity index (χ0v) is 12.4. The molecule has 6 nitrogen and oxygen atoms in total. The molecule has 2 fully saturated rings. The Hall–Kier alpha value is -1.66. The SMILES string of the molecule is CN1C2CCCC1CC(NC(=O)c1ccnc(NN)c1)C2. The fourth-order valence-electron chi connectivity index (χ4n) is 3.65. The zero-order valence-electron chi connectivity index (χ0n) is 12.4. The highest BCUT2D eigenvalue weighted by atomic mass is 16.1. The molecule has 1 aromatic heterocycles. The van der Waals surface area contributed by atoms with Crippen LogP contribution in [0.15, 0.2) is 18.3 Å². The smallest absolute Gasteiger partial charge is 0.251 e. The Morgan fingerprint density at radius 2 is 2.10 bits per heavy atom. The molecular weight excluding hydrogens is 266 g/mol. The molecule has 21 heavy (non-hydrogen) atoms. The summed E-state index contributed by atoms with van der Waals surface area (Å²) in [5.41, 5.74) is 3.07. The average Bonchev–Trinajstić information content (AvgIpc) is 2.48. The molecule has 0 aromatic carbocycles. The molecule has 1 amide bonds. The predicted molar refractivity (Wildman–Crippen MR) is 81.7 cm³/mol. The second-order valence-electron chi connectivity index (χ2n) is 6.12. The van der Waals surface area contributed by atoms with Crippen molar-refractivity contribution in [3.05, 3.63) is 23.9 Å². The molecule has 2 atom stereocenters. The molecule has 4 N–H and O–H groups in total. The minimum absolute atomic E-state index is 0.0403. The third-order valence-electron chi connectivity index (χ3n) is 4.85. The number of anilines is 1. The molecular formula is C15H23N5O. The molecule has 2 aliphatic heterocycles. The third kappa shape index (κ3) is 3.01. The number of pyridine rings is 1. The second kappa shape index (κ2) is 5.99. The van der Waals surface area contributed by atoms with E-state index in [1.165, 1.54) is 19.3 Å². The highest BCUT2D eigenvalue weighted by Gasteiger charge is 2.36. The normalized spacial score (nSPS) is 29.0. The lowest BCUT2D eigenvalue weighted by Gasteiger charge is -2.47. The van der Waals surface area contributed by atoms with Crippen LogP contribution in [0.1, 0.15) is 42.5 Å². The van der Waals surface area contributed by atoms with E-state index in [1.54, 1.807) is 18.3 Å². The second-order valence-corrected chi connectivity index (χ2v) is 6.12. The van der Waals surface area contributed by atoms with E-state index in [0.717, 1.165) is 12.8 Å². The van der Waals surface area contributed by atoms with Crippen molar-refractivity contribution in [2.75, 3.05) is 12.5 Å². The van der Waals surface area contributed by atoms with Gasteiger partial charge in [0.05, 0.1) is 0 Å². The number of piperidine rings is 2. The molecule has 0 aliphatic carbocycles. The number of carbonyl (C=O) groups excluding carboxylic acids is 1. The summed E-state index contributed by atoms with van der Waals surface area (Å²) < 4.78 is 0. The lowest BCUT2D eigenvalue weighted by atomic mass is 9.82. The van der Waals surface area contributed by atoms with Crippen molar-refractivity contribution >= 4 is 11.7 Å². The van der Waals surface area contributed by atoms with Gasteiger partial charge in [0.1, 0.15) is 5.82 Å². The van der Waals surface area contributed by atoms with Crippen LogP contribution in [0.3, 0.4) is 0 Å². The van der Waals surface area contributed by atoms with Crippen LogP contribution in [-0.2, 0) is 0 Å². The van der Waals surface area contributed by atoms with Crippen LogP contribution in [0.5, 0.6) is 0 Å². The molecule has 3 rings (SSSR count). The number of carbonyl (C=O) groups is 1. The largest absolute Gasteiger partial charge is 0.349 e. The van der Waals surface area contributed by atoms with Gasteiger partial charge in [-0.2, -0.15) is 0 Å². The number of nitrogens with two attached hydrogens (primary N) is 1. The first-order chi connectivity index (χ1) is 10.2. The van der Waals surface area contributed by atoms with Gasteiger partial charge in [0.2, 0.25) is 0 Å². The van der Waals surface area contributed by atoms with Crippen molar-refractivity contribution in [3.63, 3.8) is 0 Å². The lowest BCUT2D eigenvalue weighted by Crippen LogP contribution is -2.55. The van der Waals surface area contributed by atoms with Gasteiger partial charge in [-0.05, 0) is 44.9 Å². The van der Waals surface area contributed by atoms with Gasteiger partial charge >= 0.3 is 0 Å². The Balaban J connectivity index is 1.65. The molecule has 114 valence electrons. The summed E-state index contributed by atoms with van der Waals surface area (Å²) in [5, 5.41) is 3.17. The van der Waals surface area contributed by atoms with E-state index in [9.17, 15) is 4.79 Å². The van der Waals surface area contributed by atoms with Gasteiger partial charge in [-0.25, -0.2) is 10.8 Å². The van der Waals surface area contributed by atoms with E-state index in [1.807, 2.05) is 0 Å². The van der Waals surface area contributed by atoms with Crippen LogP contribution >= 0.6 is 0 Å². The van der Waals surface area contributed by atoms with E-state index in [4.69, 9.17) is 5.84 Å². The van der Waals surface area contributed by atoms with E-state index < -0.39 is 0 Å². The zero-order chi connectivity index (χ0) is 14.8. The number of fused-ring (bicyclic) bond motifs is 2. The number of nitrogen functional groups attached to an aromatic ring is 1. The summed E-state index contributed by atoms with van der Waals surface area (Å²) in [6, 6.07) is 4.88. The van der Waals surface area contributed by atoms with Gasteiger partial charge in [0.25, 0.3) is 5.91 Å². The maximum Gasteiger partial charge on any atom is 0.251 e. The van der Waals surface area contributed by atoms with Gasteiger partial charge in [-0.1, -0.05) is 6.42 Å². The highest BCUT2D eigenvalue weighted by molar-refractivity contribution is 5.95. The Labute approximate surface area is 125 Å². The monoisotopic (exact) mass is 289 g/mol. The van der Waals surface area contributed by atoms with E-state index in [2.05, 4.69) is 27.7 Å². The highest BCUT2D eigenvalue weighted by Crippen LogP contribution is 2.32. The molecule has 2 saturated heterocycles. The quantitative estimate of drug-likeness (QED) is 0.573. The number of hydrazine groups is 1. The molecule has 2 bridgehead atoms. The van der Waals surface area contributed by atoms with Crippen LogP contribution in [0, 0.1) is 0 Å². The van der Waals surface area contributed by atoms with Gasteiger partial charge in [-0.15, -0.1) is 0 Å². The van der Waals surface area contributed by atoms with E-state index in [0.29, 0.717) is 23.5 Å². The summed E-state index contributed by atoms with van der Waals surface area (Å²) in [5.74, 6) is 5.79. The Kier molecular flexibility index (Phi) is 4.07. The average molecular weight is 289 g/mol. The Morgan fingerprint density at radius 1 is 1.38 bits per heavy atom. The maximum absolute atomic E-state index is 12.4. The molecule has 0 radical (unpaired) electrons. The summed E-state index contributed by atoms with van der Waals surface area (Å²) >= 11 is 0. The topological polar surface area (TPSA) is 83.3 Å². The molecule has 3 heterocycles. The van der Waals surface area contributed by atoms with E-state index >= 15 is 0 Å². The molecule has 2 unspecified atom stereocenters. The first kappa shape index (κ1) is 14.3. The number of hydrogen-bond donors (Lipinski definition) is 3. The minimum Gasteiger partial charge on any atom is -0.349 e. The van der Waals surface area contributed by atoms with Crippen molar-refractivity contribution in [2.24, 2.45) is 5.84 Å². The van der Waals surface area contributed by atoms with Crippen molar-refractivity contribution in [3.8, 4) is 0 Å². The van der Waals surface area contributed by atoms with Crippen LogP contribution in [0.4, 0.5) is 5.82 Å². The summed E-state index contributed by atoms with van der Waals surface area (Å²) in [4.78, 5) is 18.9. The molecule has 1 aromatic rings. The van der Waals surface area contributed by atoms with Crippen molar-refractivity contribution in [2.45, 2.75) is 50.2 Å². The Morgan fingerprint density at radius 3 is 2.76 bits per heavy atom. The van der Waals surface area contributed by atoms with Gasteiger partial charge in [0.15, 0.2) is 0 Å². The number of hydrogen-bond acceptors (Lipinski definition) is 5. The summed E-state index contributed by atoms with van der Waals surface area (Å²) in [7, 11) is 2.22. The fraction of sp³-hybridized carbons (Fsp3) is 0.600. The number of amides is 1. The van der Waals surface area contributed by atoms with Gasteiger partial charge < -0.3 is 15.6 Å². The first-order valence-corrected chi connectivity index (χ1v) is 7.63. The van der Waals surface area contributed by atoms with Crippen LogP contribution in [-0.4, -0.2) is 41.0 Å². The number of nitrogens with one attached hydrogen (secondary N) is 2. The number of nitrogens with zero attached hydrogens (tertiary/aromatic N) is 2. The lowest BCUT2D eigenvalue weighted by molar-refractivity contribution is 0.0463. The minimum atomic E-state index is -0.0403. The van der Waals surface area contributed by atoms with Crippen molar-refractivity contribution in [1.82, 2.24) is 15.2 Å². The molecule has 2 aliphatic rings. The third-order valence-corrected chi connectivity index (χ3v) is 4.85. The maximum atomic E-state index is 12.4. The number of aromatic nitrogens is 1. The molecule has 0 spiro atoms.